The lowest BCUT2D eigenvalue weighted by Crippen LogP contribution is -2.45. The van der Waals surface area contributed by atoms with E-state index in [2.05, 4.69) is 10.6 Å². The largest absolute Gasteiger partial charge is 0.494 e. The normalized spacial score (nSPS) is 17.9. The molecule has 112 valence electrons. The highest BCUT2D eigenvalue weighted by Gasteiger charge is 2.31. The molecule has 0 spiro atoms. The lowest BCUT2D eigenvalue weighted by Gasteiger charge is -2.27. The molecule has 0 aromatic heterocycles. The van der Waals surface area contributed by atoms with Gasteiger partial charge in [-0.25, -0.2) is 9.59 Å². The Morgan fingerprint density at radius 1 is 1.29 bits per heavy atom. The number of amides is 2. The van der Waals surface area contributed by atoms with Crippen molar-refractivity contribution < 1.29 is 19.1 Å². The number of carbonyl (C=O) groups is 2. The van der Waals surface area contributed by atoms with Crippen LogP contribution in [0.5, 0.6) is 5.75 Å². The third-order valence-electron chi connectivity index (χ3n) is 3.20. The topological polar surface area (TPSA) is 76.7 Å². The summed E-state index contributed by atoms with van der Waals surface area (Å²) in [4.78, 5) is 23.6. The van der Waals surface area contributed by atoms with Gasteiger partial charge in [0, 0.05) is 5.70 Å². The molecular formula is C15H18N2O4. The minimum Gasteiger partial charge on any atom is -0.494 e. The Kier molecular flexibility index (Phi) is 4.47. The number of benzene rings is 1. The van der Waals surface area contributed by atoms with Crippen LogP contribution in [0.4, 0.5) is 4.79 Å². The number of ether oxygens (including phenoxy) is 2. The Bertz CT molecular complexity index is 578. The Hall–Kier alpha value is -2.50. The Balaban J connectivity index is 2.36. The molecule has 1 aromatic rings. The van der Waals surface area contributed by atoms with E-state index in [0.29, 0.717) is 17.9 Å². The standard InChI is InChI=1S/C15H18N2O4/c1-4-21-11-7-5-10(6-8-11)13-12(14(18)20-3)9(2)16-15(19)17-13/h5-8,13H,4H2,1-3H3,(H2,16,17,19)/t13-/m0/s1. The average Bonchev–Trinajstić information content (AvgIpc) is 2.47. The van der Waals surface area contributed by atoms with Crippen LogP contribution in [0.25, 0.3) is 0 Å². The number of urea groups is 1. The van der Waals surface area contributed by atoms with Gasteiger partial charge in [0.1, 0.15) is 5.75 Å². The molecule has 1 aromatic carbocycles. The van der Waals surface area contributed by atoms with Crippen LogP contribution in [0.15, 0.2) is 35.5 Å². The van der Waals surface area contributed by atoms with Crippen LogP contribution in [-0.2, 0) is 9.53 Å². The maximum Gasteiger partial charge on any atom is 0.337 e. The molecule has 2 rings (SSSR count). The van der Waals surface area contributed by atoms with Gasteiger partial charge in [-0.3, -0.25) is 0 Å². The van der Waals surface area contributed by atoms with Gasteiger partial charge in [-0.15, -0.1) is 0 Å². The smallest absolute Gasteiger partial charge is 0.337 e. The quantitative estimate of drug-likeness (QED) is 0.830. The molecule has 6 heteroatoms. The summed E-state index contributed by atoms with van der Waals surface area (Å²) < 4.78 is 10.2. The third-order valence-corrected chi connectivity index (χ3v) is 3.20. The highest BCUT2D eigenvalue weighted by atomic mass is 16.5. The fourth-order valence-corrected chi connectivity index (χ4v) is 2.25. The fourth-order valence-electron chi connectivity index (χ4n) is 2.25. The lowest BCUT2D eigenvalue weighted by atomic mass is 9.95. The first-order chi connectivity index (χ1) is 10.1. The SMILES string of the molecule is CCOc1ccc([C@@H]2NC(=O)NC(C)=C2C(=O)OC)cc1. The van der Waals surface area contributed by atoms with Gasteiger partial charge in [-0.1, -0.05) is 12.1 Å². The summed E-state index contributed by atoms with van der Waals surface area (Å²) in [6.45, 7) is 4.16. The molecule has 0 bridgehead atoms. The molecule has 1 atom stereocenters. The van der Waals surface area contributed by atoms with Crippen molar-refractivity contribution in [3.8, 4) is 5.75 Å². The number of hydrogen-bond donors (Lipinski definition) is 2. The van der Waals surface area contributed by atoms with Crippen LogP contribution in [0.3, 0.4) is 0 Å². The molecule has 2 amide bonds. The van der Waals surface area contributed by atoms with E-state index in [-0.39, 0.29) is 6.03 Å². The monoisotopic (exact) mass is 290 g/mol. The predicted octanol–water partition coefficient (Wildman–Crippen LogP) is 1.89. The number of hydrogen-bond acceptors (Lipinski definition) is 4. The number of carbonyl (C=O) groups excluding carboxylic acids is 2. The second-order valence-electron chi connectivity index (χ2n) is 4.56. The molecule has 0 radical (unpaired) electrons. The molecular weight excluding hydrogens is 272 g/mol. The fraction of sp³-hybridized carbons (Fsp3) is 0.333. The zero-order valence-electron chi connectivity index (χ0n) is 12.2. The van der Waals surface area contributed by atoms with Crippen LogP contribution in [0.2, 0.25) is 0 Å². The molecule has 0 saturated carbocycles. The van der Waals surface area contributed by atoms with Crippen molar-refractivity contribution in [2.75, 3.05) is 13.7 Å². The van der Waals surface area contributed by atoms with E-state index >= 15 is 0 Å². The first kappa shape index (κ1) is 14.9. The Morgan fingerprint density at radius 3 is 2.52 bits per heavy atom. The molecule has 0 fully saturated rings. The first-order valence-corrected chi connectivity index (χ1v) is 6.66. The molecule has 0 saturated heterocycles. The second-order valence-corrected chi connectivity index (χ2v) is 4.56. The molecule has 0 aliphatic carbocycles. The minimum absolute atomic E-state index is 0.348. The molecule has 21 heavy (non-hydrogen) atoms. The van der Waals surface area contributed by atoms with Gasteiger partial charge in [-0.05, 0) is 31.5 Å². The average molecular weight is 290 g/mol. The van der Waals surface area contributed by atoms with Gasteiger partial charge in [0.15, 0.2) is 0 Å². The predicted molar refractivity (Wildman–Crippen MR) is 76.7 cm³/mol. The van der Waals surface area contributed by atoms with E-state index in [9.17, 15) is 9.59 Å². The van der Waals surface area contributed by atoms with E-state index in [1.54, 1.807) is 19.1 Å². The third kappa shape index (κ3) is 3.16. The summed E-state index contributed by atoms with van der Waals surface area (Å²) in [7, 11) is 1.31. The summed E-state index contributed by atoms with van der Waals surface area (Å²) in [5.74, 6) is 0.265. The number of allylic oxidation sites excluding steroid dienone is 1. The summed E-state index contributed by atoms with van der Waals surface area (Å²) >= 11 is 0. The van der Waals surface area contributed by atoms with Gasteiger partial charge < -0.3 is 20.1 Å². The van der Waals surface area contributed by atoms with Gasteiger partial charge in [0.05, 0.1) is 25.3 Å². The molecule has 1 heterocycles. The van der Waals surface area contributed by atoms with E-state index in [0.717, 1.165) is 11.3 Å². The highest BCUT2D eigenvalue weighted by Crippen LogP contribution is 2.28. The Morgan fingerprint density at radius 2 is 1.95 bits per heavy atom. The number of methoxy groups -OCH3 is 1. The van der Waals surface area contributed by atoms with E-state index in [1.807, 2.05) is 19.1 Å². The number of esters is 1. The second kappa shape index (κ2) is 6.30. The van der Waals surface area contributed by atoms with Crippen molar-refractivity contribution in [3.05, 3.63) is 41.1 Å². The van der Waals surface area contributed by atoms with Crippen LogP contribution in [-0.4, -0.2) is 25.7 Å². The van der Waals surface area contributed by atoms with Crippen molar-refractivity contribution in [1.82, 2.24) is 10.6 Å². The van der Waals surface area contributed by atoms with E-state index < -0.39 is 12.0 Å². The minimum atomic E-state index is -0.540. The summed E-state index contributed by atoms with van der Waals surface area (Å²) in [6.07, 6.45) is 0. The zero-order valence-corrected chi connectivity index (χ0v) is 12.2. The molecule has 1 aliphatic rings. The molecule has 0 unspecified atom stereocenters. The van der Waals surface area contributed by atoms with Crippen molar-refractivity contribution in [2.24, 2.45) is 0 Å². The van der Waals surface area contributed by atoms with Gasteiger partial charge in [-0.2, -0.15) is 0 Å². The van der Waals surface area contributed by atoms with Crippen molar-refractivity contribution in [2.45, 2.75) is 19.9 Å². The lowest BCUT2D eigenvalue weighted by molar-refractivity contribution is -0.136. The van der Waals surface area contributed by atoms with Gasteiger partial charge in [0.25, 0.3) is 0 Å². The number of nitrogens with one attached hydrogen (secondary N) is 2. The van der Waals surface area contributed by atoms with Crippen molar-refractivity contribution in [1.29, 1.82) is 0 Å². The summed E-state index contributed by atoms with van der Waals surface area (Å²) in [6, 6.07) is 6.35. The molecule has 1 aliphatic heterocycles. The summed E-state index contributed by atoms with van der Waals surface area (Å²) in [5, 5.41) is 5.31. The van der Waals surface area contributed by atoms with Crippen molar-refractivity contribution >= 4 is 12.0 Å². The molecule has 6 nitrogen and oxygen atoms in total. The Labute approximate surface area is 123 Å². The molecule has 2 N–H and O–H groups in total. The van der Waals surface area contributed by atoms with Gasteiger partial charge >= 0.3 is 12.0 Å². The number of rotatable bonds is 4. The van der Waals surface area contributed by atoms with Crippen LogP contribution < -0.4 is 15.4 Å². The van der Waals surface area contributed by atoms with Crippen LogP contribution in [0, 0.1) is 0 Å². The maximum atomic E-state index is 11.9. The van der Waals surface area contributed by atoms with Crippen molar-refractivity contribution in [3.63, 3.8) is 0 Å². The maximum absolute atomic E-state index is 11.9. The summed E-state index contributed by atoms with van der Waals surface area (Å²) in [5.41, 5.74) is 1.67. The van der Waals surface area contributed by atoms with E-state index in [4.69, 9.17) is 9.47 Å². The van der Waals surface area contributed by atoms with Gasteiger partial charge in [0.2, 0.25) is 0 Å². The van der Waals surface area contributed by atoms with Crippen LogP contribution >= 0.6 is 0 Å². The van der Waals surface area contributed by atoms with E-state index in [1.165, 1.54) is 7.11 Å². The highest BCUT2D eigenvalue weighted by molar-refractivity contribution is 5.94. The first-order valence-electron chi connectivity index (χ1n) is 6.66. The van der Waals surface area contributed by atoms with Crippen LogP contribution in [0.1, 0.15) is 25.5 Å². The zero-order chi connectivity index (χ0) is 15.4.